The molecule has 1 heterocycles. The van der Waals surface area contributed by atoms with E-state index < -0.39 is 71.8 Å². The van der Waals surface area contributed by atoms with Gasteiger partial charge in [0.1, 0.15) is 41.5 Å². The van der Waals surface area contributed by atoms with Crippen LogP contribution in [0.25, 0.3) is 6.08 Å². The summed E-state index contributed by atoms with van der Waals surface area (Å²) in [5.41, 5.74) is -0.198. The standard InChI is InChI=1S/C21H20O11/c22-8-14-17(28)18(29)19(30)21(31-14)32-20-15(12(25)7-13(26)16(20)27)11(24)6-3-9-1-4-10(23)5-2-9/h1-7,14,17-19,21-23,25,28-30H,8H2/t14-,17+,18+,19-,21+/m1/s1. The van der Waals surface area contributed by atoms with E-state index in [0.717, 1.165) is 6.08 Å². The van der Waals surface area contributed by atoms with Gasteiger partial charge >= 0.3 is 0 Å². The highest BCUT2D eigenvalue weighted by atomic mass is 16.7. The molecule has 0 saturated carbocycles. The van der Waals surface area contributed by atoms with Gasteiger partial charge in [-0.15, -0.1) is 0 Å². The first kappa shape index (κ1) is 23.3. The molecule has 1 aromatic rings. The fourth-order valence-corrected chi connectivity index (χ4v) is 3.08. The van der Waals surface area contributed by atoms with Crippen LogP contribution in [0.5, 0.6) is 5.75 Å². The number of benzene rings is 1. The second-order valence-corrected chi connectivity index (χ2v) is 7.03. The van der Waals surface area contributed by atoms with Crippen LogP contribution >= 0.6 is 0 Å². The molecule has 0 unspecified atom stereocenters. The Hall–Kier alpha value is -3.35. The molecular formula is C21H20O11. The van der Waals surface area contributed by atoms with Crippen LogP contribution in [0.15, 0.2) is 53.5 Å². The number of aromatic hydroxyl groups is 1. The summed E-state index contributed by atoms with van der Waals surface area (Å²) in [5, 5.41) is 58.5. The summed E-state index contributed by atoms with van der Waals surface area (Å²) in [5.74, 6) is -5.26. The maximum atomic E-state index is 12.7. The molecule has 32 heavy (non-hydrogen) atoms. The van der Waals surface area contributed by atoms with E-state index in [9.17, 15) is 45.0 Å². The number of hydrogen-bond donors (Lipinski definition) is 6. The summed E-state index contributed by atoms with van der Waals surface area (Å²) in [4.78, 5) is 37.0. The van der Waals surface area contributed by atoms with Crippen LogP contribution in [-0.4, -0.2) is 85.3 Å². The number of ether oxygens (including phenoxy) is 2. The fourth-order valence-electron chi connectivity index (χ4n) is 3.08. The fraction of sp³-hybridized carbons (Fsp3) is 0.286. The highest BCUT2D eigenvalue weighted by Crippen LogP contribution is 2.28. The van der Waals surface area contributed by atoms with E-state index >= 15 is 0 Å². The number of Topliss-reactive ketones (excluding diaryl/α,β-unsaturated/α-hetero) is 1. The number of aliphatic hydroxyl groups is 5. The van der Waals surface area contributed by atoms with Crippen LogP contribution in [0.3, 0.4) is 0 Å². The molecule has 6 N–H and O–H groups in total. The molecule has 1 fully saturated rings. The third-order valence-corrected chi connectivity index (χ3v) is 4.83. The molecule has 1 aliphatic heterocycles. The molecule has 1 saturated heterocycles. The summed E-state index contributed by atoms with van der Waals surface area (Å²) < 4.78 is 10.4. The van der Waals surface area contributed by atoms with Crippen molar-refractivity contribution in [2.45, 2.75) is 30.7 Å². The third-order valence-electron chi connectivity index (χ3n) is 4.83. The summed E-state index contributed by atoms with van der Waals surface area (Å²) in [6.07, 6.45) is -5.85. The van der Waals surface area contributed by atoms with Gasteiger partial charge in [-0.1, -0.05) is 18.2 Å². The third kappa shape index (κ3) is 4.61. The minimum atomic E-state index is -1.92. The molecule has 2 aliphatic rings. The van der Waals surface area contributed by atoms with E-state index in [0.29, 0.717) is 11.6 Å². The smallest absolute Gasteiger partial charge is 0.268 e. The Kier molecular flexibility index (Phi) is 6.87. The summed E-state index contributed by atoms with van der Waals surface area (Å²) >= 11 is 0. The number of rotatable bonds is 6. The lowest BCUT2D eigenvalue weighted by molar-refractivity contribution is -0.290. The minimum absolute atomic E-state index is 0.00312. The number of carbonyl (C=O) groups excluding carboxylic acids is 3. The average Bonchev–Trinajstić information content (AvgIpc) is 2.76. The Morgan fingerprint density at radius 3 is 2.31 bits per heavy atom. The zero-order chi connectivity index (χ0) is 23.6. The van der Waals surface area contributed by atoms with Gasteiger partial charge in [-0.25, -0.2) is 0 Å². The molecule has 0 bridgehead atoms. The highest BCUT2D eigenvalue weighted by Gasteiger charge is 2.46. The van der Waals surface area contributed by atoms with Crippen LogP contribution in [-0.2, 0) is 23.9 Å². The molecule has 11 nitrogen and oxygen atoms in total. The first-order valence-electron chi connectivity index (χ1n) is 9.36. The van der Waals surface area contributed by atoms with E-state index in [2.05, 4.69) is 0 Å². The number of allylic oxidation sites excluding steroid dienone is 4. The molecule has 0 amide bonds. The van der Waals surface area contributed by atoms with Crippen molar-refractivity contribution >= 4 is 23.4 Å². The van der Waals surface area contributed by atoms with Crippen molar-refractivity contribution < 1.29 is 54.5 Å². The Balaban J connectivity index is 1.94. The molecule has 0 spiro atoms. The summed E-state index contributed by atoms with van der Waals surface area (Å²) in [6, 6.07) is 5.72. The SMILES string of the molecule is O=C1C=C(O)C(C(=O)C=Cc2ccc(O)cc2)=C(O[C@@H]2O[C@H](CO)[C@H](O)[C@H](O)[C@H]2O)C1=O. The largest absolute Gasteiger partial charge is 0.508 e. The van der Waals surface area contributed by atoms with Crippen molar-refractivity contribution in [3.8, 4) is 5.75 Å². The van der Waals surface area contributed by atoms with E-state index in [1.165, 1.54) is 30.3 Å². The molecule has 0 aromatic heterocycles. The lowest BCUT2D eigenvalue weighted by Crippen LogP contribution is -2.59. The quantitative estimate of drug-likeness (QED) is 0.171. The van der Waals surface area contributed by atoms with Crippen molar-refractivity contribution in [3.63, 3.8) is 0 Å². The number of carbonyl (C=O) groups is 3. The normalized spacial score (nSPS) is 28.8. The zero-order valence-electron chi connectivity index (χ0n) is 16.4. The van der Waals surface area contributed by atoms with Gasteiger partial charge in [-0.05, 0) is 23.8 Å². The number of aliphatic hydroxyl groups excluding tert-OH is 5. The Morgan fingerprint density at radius 1 is 1.03 bits per heavy atom. The van der Waals surface area contributed by atoms with Crippen molar-refractivity contribution in [2.75, 3.05) is 6.61 Å². The van der Waals surface area contributed by atoms with Gasteiger partial charge in [0, 0.05) is 6.08 Å². The number of phenolic OH excluding ortho intramolecular Hbond substituents is 1. The zero-order valence-corrected chi connectivity index (χ0v) is 16.4. The molecule has 5 atom stereocenters. The van der Waals surface area contributed by atoms with Gasteiger partial charge in [0.25, 0.3) is 5.78 Å². The summed E-state index contributed by atoms with van der Waals surface area (Å²) in [6.45, 7) is -0.775. The topological polar surface area (TPSA) is 191 Å². The van der Waals surface area contributed by atoms with Crippen LogP contribution in [0.4, 0.5) is 0 Å². The molecule has 170 valence electrons. The first-order valence-corrected chi connectivity index (χ1v) is 9.36. The Bertz CT molecular complexity index is 1000. The van der Waals surface area contributed by atoms with Gasteiger partial charge in [0.05, 0.1) is 6.61 Å². The number of hydrogen-bond acceptors (Lipinski definition) is 11. The van der Waals surface area contributed by atoms with E-state index in [1.807, 2.05) is 0 Å². The van der Waals surface area contributed by atoms with Crippen LogP contribution < -0.4 is 0 Å². The molecule has 11 heteroatoms. The van der Waals surface area contributed by atoms with E-state index in [-0.39, 0.29) is 5.75 Å². The maximum Gasteiger partial charge on any atom is 0.268 e. The highest BCUT2D eigenvalue weighted by molar-refractivity contribution is 6.49. The molecule has 3 rings (SSSR count). The van der Waals surface area contributed by atoms with Gasteiger partial charge in [0.2, 0.25) is 12.1 Å². The van der Waals surface area contributed by atoms with Crippen LogP contribution in [0, 0.1) is 0 Å². The van der Waals surface area contributed by atoms with Gasteiger partial charge in [-0.2, -0.15) is 0 Å². The molecule has 0 radical (unpaired) electrons. The van der Waals surface area contributed by atoms with Crippen LogP contribution in [0.1, 0.15) is 5.56 Å². The van der Waals surface area contributed by atoms with Gasteiger partial charge in [0.15, 0.2) is 11.5 Å². The lowest BCUT2D eigenvalue weighted by atomic mass is 9.96. The van der Waals surface area contributed by atoms with Gasteiger partial charge < -0.3 is 40.1 Å². The summed E-state index contributed by atoms with van der Waals surface area (Å²) in [7, 11) is 0. The van der Waals surface area contributed by atoms with Crippen LogP contribution in [0.2, 0.25) is 0 Å². The minimum Gasteiger partial charge on any atom is -0.508 e. The van der Waals surface area contributed by atoms with Crippen molar-refractivity contribution in [1.29, 1.82) is 0 Å². The Morgan fingerprint density at radius 2 is 1.69 bits per heavy atom. The maximum absolute atomic E-state index is 12.7. The average molecular weight is 448 g/mol. The second kappa shape index (κ2) is 9.42. The number of phenols is 1. The lowest BCUT2D eigenvalue weighted by Gasteiger charge is -2.39. The molecular weight excluding hydrogens is 428 g/mol. The number of ketones is 3. The second-order valence-electron chi connectivity index (χ2n) is 7.03. The van der Waals surface area contributed by atoms with Crippen molar-refractivity contribution in [3.05, 3.63) is 59.1 Å². The predicted octanol–water partition coefficient (Wildman–Crippen LogP) is -1.36. The van der Waals surface area contributed by atoms with E-state index in [1.54, 1.807) is 0 Å². The molecule has 1 aliphatic carbocycles. The molecule has 1 aromatic carbocycles. The Labute approximate surface area is 180 Å². The van der Waals surface area contributed by atoms with E-state index in [4.69, 9.17) is 9.47 Å². The van der Waals surface area contributed by atoms with Gasteiger partial charge in [-0.3, -0.25) is 14.4 Å². The predicted molar refractivity (Wildman–Crippen MR) is 105 cm³/mol. The van der Waals surface area contributed by atoms with Crippen molar-refractivity contribution in [1.82, 2.24) is 0 Å². The van der Waals surface area contributed by atoms with Crippen molar-refractivity contribution in [2.24, 2.45) is 0 Å². The first-order chi connectivity index (χ1) is 15.1. The monoisotopic (exact) mass is 448 g/mol.